The molecule has 1 saturated heterocycles. The molecule has 0 spiro atoms. The third kappa shape index (κ3) is 18.4. The van der Waals surface area contributed by atoms with Crippen LogP contribution in [0.1, 0.15) is 71.6 Å². The summed E-state index contributed by atoms with van der Waals surface area (Å²) in [6.45, 7) is 6.79. The van der Waals surface area contributed by atoms with Crippen molar-refractivity contribution in [3.63, 3.8) is 0 Å². The number of aliphatic imine (C=N–C) groups is 1. The van der Waals surface area contributed by atoms with Gasteiger partial charge < -0.3 is 72.7 Å². The number of nitrogens with one attached hydrogen (secondary N) is 6. The second kappa shape index (κ2) is 28.0. The molecule has 69 heavy (non-hydrogen) atoms. The summed E-state index contributed by atoms with van der Waals surface area (Å²) in [5.74, 6) is -2.19. The van der Waals surface area contributed by atoms with Crippen molar-refractivity contribution in [3.8, 4) is 5.75 Å². The SMILES string of the molecule is COC(C)(C)C.COc1ccc(CC(NC(=O)C(CCCCNC(C)=O)NC(=O)CNC(=O)C(CCCN=C(N)N)NC=O)C(=O)NC2C(CO)OC(n3cnc4c(N(C)C)ncnc43)C2O)cc1. The first-order valence-corrected chi connectivity index (χ1v) is 22.4. The molecule has 4 rings (SSSR count). The van der Waals surface area contributed by atoms with E-state index in [1.54, 1.807) is 50.4 Å². The summed E-state index contributed by atoms with van der Waals surface area (Å²) in [7, 11) is 6.78. The Morgan fingerprint density at radius 3 is 2.22 bits per heavy atom. The van der Waals surface area contributed by atoms with Gasteiger partial charge in [0.2, 0.25) is 35.9 Å². The highest BCUT2D eigenvalue weighted by Gasteiger charge is 2.46. The minimum Gasteiger partial charge on any atom is -0.497 e. The number of carbonyl (C=O) groups excluding carboxylic acids is 6. The van der Waals surface area contributed by atoms with Crippen molar-refractivity contribution in [3.05, 3.63) is 42.5 Å². The fraction of sp³-hybridized carbons (Fsp3) is 0.591. The van der Waals surface area contributed by atoms with Crippen LogP contribution in [-0.2, 0) is 44.7 Å². The number of hydrogen-bond donors (Lipinski definition) is 10. The Labute approximate surface area is 401 Å². The molecule has 2 aromatic heterocycles. The fourth-order valence-electron chi connectivity index (χ4n) is 6.82. The number of aromatic nitrogens is 4. The summed E-state index contributed by atoms with van der Waals surface area (Å²) in [5.41, 5.74) is 12.1. The predicted octanol–water partition coefficient (Wildman–Crippen LogP) is -2.13. The molecule has 3 aromatic rings. The average Bonchev–Trinajstić information content (AvgIpc) is 3.87. The maximum absolute atomic E-state index is 14.3. The first kappa shape index (κ1) is 56.6. The van der Waals surface area contributed by atoms with E-state index in [0.29, 0.717) is 60.5 Å². The summed E-state index contributed by atoms with van der Waals surface area (Å²) in [6.07, 6.45) is 0.784. The lowest BCUT2D eigenvalue weighted by molar-refractivity contribution is -0.133. The predicted molar refractivity (Wildman–Crippen MR) is 254 cm³/mol. The first-order valence-electron chi connectivity index (χ1n) is 22.4. The summed E-state index contributed by atoms with van der Waals surface area (Å²) < 4.78 is 17.7. The maximum Gasteiger partial charge on any atom is 0.243 e. The molecule has 1 fully saturated rings. The molecule has 6 amide bonds. The van der Waals surface area contributed by atoms with Gasteiger partial charge in [-0.2, -0.15) is 0 Å². The molecule has 0 bridgehead atoms. The molecule has 25 nitrogen and oxygen atoms in total. The van der Waals surface area contributed by atoms with Crippen LogP contribution in [0.25, 0.3) is 11.2 Å². The number of carbonyl (C=O) groups is 6. The van der Waals surface area contributed by atoms with E-state index in [2.05, 4.69) is 51.8 Å². The van der Waals surface area contributed by atoms with Gasteiger partial charge in [0.15, 0.2) is 29.2 Å². The highest BCUT2D eigenvalue weighted by Crippen LogP contribution is 2.33. The molecule has 3 heterocycles. The van der Waals surface area contributed by atoms with Crippen molar-refractivity contribution in [1.29, 1.82) is 0 Å². The largest absolute Gasteiger partial charge is 0.497 e. The average molecular weight is 971 g/mol. The number of aliphatic hydroxyl groups excluding tert-OH is 2. The number of ether oxygens (including phenoxy) is 3. The van der Waals surface area contributed by atoms with Crippen LogP contribution in [0, 0.1) is 0 Å². The number of anilines is 1. The lowest BCUT2D eigenvalue weighted by Gasteiger charge is -2.27. The molecule has 7 unspecified atom stereocenters. The van der Waals surface area contributed by atoms with E-state index in [-0.39, 0.29) is 43.3 Å². The molecule has 1 aliphatic rings. The zero-order valence-corrected chi connectivity index (χ0v) is 40.6. The lowest BCUT2D eigenvalue weighted by atomic mass is 10.0. The standard InChI is InChI=1S/C39H58N14O10.C5H12O/c1-22(56)42-14-6-5-8-26(49-29(57)17-44-35(59)25(48-21-55)9-7-15-43-39(40)41)36(60)50-27(16-23-10-12-24(62-4)13-11-23)37(61)51-30-28(18-54)63-38(32(30)58)53-20-47-31-33(52(2)3)45-19-46-34(31)53;1-5(2,3)6-4/h10-13,19-21,25-28,30,32,38,54,58H,5-9,14-18H2,1-4H3,(H,42,56)(H,44,59)(H,48,55)(H,49,57)(H,50,60)(H,51,61)(H4,40,41,43);1-4H3. The molecule has 1 aromatic carbocycles. The number of rotatable bonds is 25. The molecule has 0 aliphatic carbocycles. The van der Waals surface area contributed by atoms with Crippen molar-refractivity contribution in [1.82, 2.24) is 51.4 Å². The second-order valence-corrected chi connectivity index (χ2v) is 17.2. The third-order valence-corrected chi connectivity index (χ3v) is 10.6. The number of hydrogen-bond acceptors (Lipinski definition) is 16. The van der Waals surface area contributed by atoms with Crippen LogP contribution in [0.3, 0.4) is 0 Å². The Hall–Kier alpha value is -6.70. The van der Waals surface area contributed by atoms with Crippen LogP contribution in [-0.4, -0.2) is 168 Å². The Kier molecular flexibility index (Phi) is 22.9. The van der Waals surface area contributed by atoms with Gasteiger partial charge in [-0.25, -0.2) is 15.0 Å². The number of fused-ring (bicyclic) bond motifs is 1. The summed E-state index contributed by atoms with van der Waals surface area (Å²) in [5, 5.41) is 37.6. The first-order chi connectivity index (χ1) is 32.7. The van der Waals surface area contributed by atoms with Crippen molar-refractivity contribution in [2.75, 3.05) is 59.5 Å². The zero-order chi connectivity index (χ0) is 51.3. The van der Waals surface area contributed by atoms with Crippen LogP contribution in [0.15, 0.2) is 41.9 Å². The smallest absolute Gasteiger partial charge is 0.243 e. The molecule has 12 N–H and O–H groups in total. The van der Waals surface area contributed by atoms with Gasteiger partial charge in [-0.1, -0.05) is 12.1 Å². The number of guanidine groups is 1. The van der Waals surface area contributed by atoms with E-state index in [4.69, 9.17) is 25.7 Å². The van der Waals surface area contributed by atoms with Gasteiger partial charge in [0, 0.05) is 47.6 Å². The Morgan fingerprint density at radius 2 is 1.62 bits per heavy atom. The van der Waals surface area contributed by atoms with E-state index < -0.39 is 79.4 Å². The third-order valence-electron chi connectivity index (χ3n) is 10.6. The van der Waals surface area contributed by atoms with Gasteiger partial charge in [0.25, 0.3) is 0 Å². The van der Waals surface area contributed by atoms with Gasteiger partial charge in [0.1, 0.15) is 42.4 Å². The zero-order valence-electron chi connectivity index (χ0n) is 40.6. The van der Waals surface area contributed by atoms with Gasteiger partial charge in [0.05, 0.1) is 38.2 Å². The number of benzene rings is 1. The Morgan fingerprint density at radius 1 is 0.942 bits per heavy atom. The van der Waals surface area contributed by atoms with Crippen LogP contribution < -0.4 is 53.0 Å². The van der Waals surface area contributed by atoms with Crippen molar-refractivity contribution >= 4 is 58.9 Å². The van der Waals surface area contributed by atoms with Crippen LogP contribution in [0.2, 0.25) is 0 Å². The van der Waals surface area contributed by atoms with Crippen LogP contribution >= 0.6 is 0 Å². The highest BCUT2D eigenvalue weighted by atomic mass is 16.5. The Balaban J connectivity index is 0.00000197. The van der Waals surface area contributed by atoms with Crippen LogP contribution in [0.5, 0.6) is 5.75 Å². The summed E-state index contributed by atoms with van der Waals surface area (Å²) in [4.78, 5) is 95.7. The lowest BCUT2D eigenvalue weighted by Crippen LogP contribution is -2.58. The quantitative estimate of drug-likeness (QED) is 0.0188. The topological polar surface area (TPSA) is 354 Å². The number of amides is 6. The number of nitrogens with two attached hydrogens (primary N) is 2. The van der Waals surface area contributed by atoms with E-state index in [1.165, 1.54) is 31.3 Å². The minimum atomic E-state index is -1.43. The number of imidazole rings is 1. The van der Waals surface area contributed by atoms with Crippen LogP contribution in [0.4, 0.5) is 5.82 Å². The molecule has 25 heteroatoms. The van der Waals surface area contributed by atoms with E-state index in [9.17, 15) is 39.0 Å². The number of unbranched alkanes of at least 4 members (excludes halogenated alkanes) is 1. The second-order valence-electron chi connectivity index (χ2n) is 17.2. The van der Waals surface area contributed by atoms with Crippen molar-refractivity contribution in [2.45, 2.75) is 114 Å². The van der Waals surface area contributed by atoms with Crippen molar-refractivity contribution < 1.29 is 53.2 Å². The molecule has 382 valence electrons. The maximum atomic E-state index is 14.3. The van der Waals surface area contributed by atoms with Gasteiger partial charge >= 0.3 is 0 Å². The van der Waals surface area contributed by atoms with Gasteiger partial charge in [-0.3, -0.25) is 38.3 Å². The number of methoxy groups -OCH3 is 2. The molecule has 0 radical (unpaired) electrons. The van der Waals surface area contributed by atoms with Gasteiger partial charge in [-0.05, 0) is 70.6 Å². The number of aliphatic hydroxyl groups is 2. The number of nitrogens with zero attached hydrogens (tertiary/aromatic N) is 6. The Bertz CT molecular complexity index is 2160. The van der Waals surface area contributed by atoms with E-state index in [1.807, 2.05) is 20.8 Å². The van der Waals surface area contributed by atoms with Crippen molar-refractivity contribution in [2.24, 2.45) is 16.5 Å². The molecular weight excluding hydrogens is 901 g/mol. The fourth-order valence-corrected chi connectivity index (χ4v) is 6.82. The minimum absolute atomic E-state index is 0.0417. The molecule has 7 atom stereocenters. The summed E-state index contributed by atoms with van der Waals surface area (Å²) >= 11 is 0. The monoisotopic (exact) mass is 971 g/mol. The van der Waals surface area contributed by atoms with E-state index in [0.717, 1.165) is 0 Å². The molecular formula is C44H70N14O11. The summed E-state index contributed by atoms with van der Waals surface area (Å²) in [6, 6.07) is 2.08. The van der Waals surface area contributed by atoms with E-state index >= 15 is 0 Å². The normalized spacial score (nSPS) is 17.7. The molecule has 0 saturated carbocycles. The highest BCUT2D eigenvalue weighted by molar-refractivity contribution is 5.94. The molecule has 1 aliphatic heterocycles. The van der Waals surface area contributed by atoms with Gasteiger partial charge in [-0.15, -0.1) is 0 Å².